The molecule has 3 rings (SSSR count). The van der Waals surface area contributed by atoms with Crippen LogP contribution < -0.4 is 5.32 Å². The van der Waals surface area contributed by atoms with Crippen LogP contribution in [-0.2, 0) is 17.8 Å². The van der Waals surface area contributed by atoms with Gasteiger partial charge in [0, 0.05) is 19.1 Å². The maximum atomic E-state index is 12.5. The first-order valence-corrected chi connectivity index (χ1v) is 8.04. The van der Waals surface area contributed by atoms with Crippen molar-refractivity contribution in [1.29, 1.82) is 0 Å². The fourth-order valence-electron chi connectivity index (χ4n) is 3.62. The zero-order valence-corrected chi connectivity index (χ0v) is 13.2. The Balaban J connectivity index is 1.85. The lowest BCUT2D eigenvalue weighted by atomic mass is 9.88. The van der Waals surface area contributed by atoms with Crippen LogP contribution in [0.5, 0.6) is 0 Å². The fraction of sp³-hybridized carbons (Fsp3) is 0.588. The van der Waals surface area contributed by atoms with Gasteiger partial charge in [0.25, 0.3) is 0 Å². The molecule has 23 heavy (non-hydrogen) atoms. The van der Waals surface area contributed by atoms with E-state index < -0.39 is 18.5 Å². The smallest absolute Gasteiger partial charge is 0.338 e. The number of amides is 1. The van der Waals surface area contributed by atoms with Gasteiger partial charge in [0.15, 0.2) is 0 Å². The number of carbonyl (C=O) groups excluding carboxylic acids is 1. The van der Waals surface area contributed by atoms with Crippen molar-refractivity contribution in [2.75, 3.05) is 13.1 Å². The van der Waals surface area contributed by atoms with E-state index in [1.807, 2.05) is 6.92 Å². The lowest BCUT2D eigenvalue weighted by molar-refractivity contribution is -0.162. The van der Waals surface area contributed by atoms with E-state index in [0.717, 1.165) is 30.5 Å². The first kappa shape index (κ1) is 16.3. The van der Waals surface area contributed by atoms with Crippen LogP contribution in [0.2, 0.25) is 0 Å². The topological polar surface area (TPSA) is 32.3 Å². The Morgan fingerprint density at radius 1 is 1.39 bits per heavy atom. The van der Waals surface area contributed by atoms with E-state index in [1.165, 1.54) is 16.0 Å². The van der Waals surface area contributed by atoms with Gasteiger partial charge in [-0.15, -0.1) is 0 Å². The molecule has 3 nitrogen and oxygen atoms in total. The third-order valence-electron chi connectivity index (χ3n) is 4.66. The Bertz CT molecular complexity index is 607. The van der Waals surface area contributed by atoms with Crippen LogP contribution in [0.15, 0.2) is 12.1 Å². The zero-order chi connectivity index (χ0) is 16.6. The maximum absolute atomic E-state index is 12.5. The molecule has 0 bridgehead atoms. The highest BCUT2D eigenvalue weighted by molar-refractivity contribution is 5.77. The molecule has 1 saturated heterocycles. The summed E-state index contributed by atoms with van der Waals surface area (Å²) in [7, 11) is 0. The molecule has 6 heteroatoms. The van der Waals surface area contributed by atoms with Gasteiger partial charge in [0.2, 0.25) is 5.91 Å². The number of carbonyl (C=O) groups is 1. The van der Waals surface area contributed by atoms with Crippen molar-refractivity contribution < 1.29 is 18.0 Å². The SMILES string of the molecule is Cc1cc2c(c([C@@H]3CCCN3)c1)CN(C(=O)CC(F)(F)F)CC2. The molecular formula is C17H21F3N2O. The summed E-state index contributed by atoms with van der Waals surface area (Å²) >= 11 is 0. The second-order valence-corrected chi connectivity index (χ2v) is 6.50. The van der Waals surface area contributed by atoms with Crippen LogP contribution in [0.3, 0.4) is 0 Å². The quantitative estimate of drug-likeness (QED) is 0.905. The summed E-state index contributed by atoms with van der Waals surface area (Å²) in [6.45, 7) is 3.66. The normalized spacial score (nSPS) is 21.4. The molecule has 1 aromatic rings. The Morgan fingerprint density at radius 3 is 2.83 bits per heavy atom. The molecule has 1 amide bonds. The van der Waals surface area contributed by atoms with Gasteiger partial charge in [0.05, 0.1) is 0 Å². The number of nitrogens with one attached hydrogen (secondary N) is 1. The number of rotatable bonds is 2. The number of alkyl halides is 3. The van der Waals surface area contributed by atoms with Crippen molar-refractivity contribution >= 4 is 5.91 Å². The monoisotopic (exact) mass is 326 g/mol. The molecule has 0 aromatic heterocycles. The highest BCUT2D eigenvalue weighted by atomic mass is 19.4. The molecular weight excluding hydrogens is 305 g/mol. The summed E-state index contributed by atoms with van der Waals surface area (Å²) in [6, 6.07) is 4.46. The summed E-state index contributed by atoms with van der Waals surface area (Å²) in [5, 5.41) is 3.45. The molecule has 1 fully saturated rings. The summed E-state index contributed by atoms with van der Waals surface area (Å²) in [4.78, 5) is 13.3. The molecule has 2 aliphatic heterocycles. The highest BCUT2D eigenvalue weighted by Crippen LogP contribution is 2.33. The third-order valence-corrected chi connectivity index (χ3v) is 4.66. The van der Waals surface area contributed by atoms with Crippen molar-refractivity contribution in [1.82, 2.24) is 10.2 Å². The summed E-state index contributed by atoms with van der Waals surface area (Å²) in [5.41, 5.74) is 4.53. The number of hydrogen-bond donors (Lipinski definition) is 1. The standard InChI is InChI=1S/C17H21F3N2O/c1-11-7-12-4-6-22(16(23)9-17(18,19)20)10-14(12)13(8-11)15-3-2-5-21-15/h7-8,15,21H,2-6,9-10H2,1H3/t15-/m0/s1. The van der Waals surface area contributed by atoms with Crippen LogP contribution in [0.4, 0.5) is 13.2 Å². The Labute approximate surface area is 133 Å². The molecule has 1 aromatic carbocycles. The molecule has 0 spiro atoms. The fourth-order valence-corrected chi connectivity index (χ4v) is 3.62. The van der Waals surface area contributed by atoms with Gasteiger partial charge in [-0.25, -0.2) is 0 Å². The lowest BCUT2D eigenvalue weighted by Crippen LogP contribution is -2.39. The van der Waals surface area contributed by atoms with Crippen LogP contribution in [0.1, 0.15) is 47.6 Å². The summed E-state index contributed by atoms with van der Waals surface area (Å²) in [6.07, 6.45) is -3.05. The Hall–Kier alpha value is -1.56. The second kappa shape index (κ2) is 6.15. The minimum absolute atomic E-state index is 0.251. The molecule has 1 N–H and O–H groups in total. The van der Waals surface area contributed by atoms with Gasteiger partial charge in [0.1, 0.15) is 6.42 Å². The molecule has 0 saturated carbocycles. The van der Waals surface area contributed by atoms with E-state index in [1.54, 1.807) is 0 Å². The van der Waals surface area contributed by atoms with E-state index in [2.05, 4.69) is 17.4 Å². The van der Waals surface area contributed by atoms with Crippen molar-refractivity contribution in [2.24, 2.45) is 0 Å². The van der Waals surface area contributed by atoms with Gasteiger partial charge < -0.3 is 10.2 Å². The Morgan fingerprint density at radius 2 is 2.17 bits per heavy atom. The van der Waals surface area contributed by atoms with Gasteiger partial charge in [-0.05, 0) is 49.4 Å². The zero-order valence-electron chi connectivity index (χ0n) is 13.2. The molecule has 0 aliphatic carbocycles. The van der Waals surface area contributed by atoms with E-state index in [4.69, 9.17) is 0 Å². The van der Waals surface area contributed by atoms with E-state index in [-0.39, 0.29) is 12.6 Å². The average molecular weight is 326 g/mol. The minimum Gasteiger partial charge on any atom is -0.338 e. The van der Waals surface area contributed by atoms with Crippen LogP contribution >= 0.6 is 0 Å². The number of benzene rings is 1. The molecule has 0 radical (unpaired) electrons. The number of halogens is 3. The highest BCUT2D eigenvalue weighted by Gasteiger charge is 2.35. The molecule has 0 unspecified atom stereocenters. The van der Waals surface area contributed by atoms with Crippen molar-refractivity contribution in [3.05, 3.63) is 34.4 Å². The molecule has 1 atom stereocenters. The number of aryl methyl sites for hydroxylation is 1. The van der Waals surface area contributed by atoms with Crippen molar-refractivity contribution in [3.8, 4) is 0 Å². The number of fused-ring (bicyclic) bond motifs is 1. The summed E-state index contributed by atoms with van der Waals surface area (Å²) < 4.78 is 37.4. The van der Waals surface area contributed by atoms with Crippen LogP contribution in [0.25, 0.3) is 0 Å². The van der Waals surface area contributed by atoms with Gasteiger partial charge >= 0.3 is 6.18 Å². The predicted molar refractivity (Wildman–Crippen MR) is 80.9 cm³/mol. The largest absolute Gasteiger partial charge is 0.397 e. The number of hydrogen-bond acceptors (Lipinski definition) is 2. The second-order valence-electron chi connectivity index (χ2n) is 6.50. The lowest BCUT2D eigenvalue weighted by Gasteiger charge is -2.32. The van der Waals surface area contributed by atoms with Gasteiger partial charge in [-0.3, -0.25) is 4.79 Å². The molecule has 2 aliphatic rings. The first-order chi connectivity index (χ1) is 10.8. The maximum Gasteiger partial charge on any atom is 0.397 e. The molecule has 2 heterocycles. The van der Waals surface area contributed by atoms with Gasteiger partial charge in [-0.1, -0.05) is 17.7 Å². The predicted octanol–water partition coefficient (Wildman–Crippen LogP) is 3.26. The van der Waals surface area contributed by atoms with Crippen LogP contribution in [-0.4, -0.2) is 30.1 Å². The van der Waals surface area contributed by atoms with E-state index >= 15 is 0 Å². The van der Waals surface area contributed by atoms with Crippen molar-refractivity contribution in [2.45, 2.75) is 51.4 Å². The molecule has 126 valence electrons. The number of nitrogens with zero attached hydrogens (tertiary/aromatic N) is 1. The summed E-state index contributed by atoms with van der Waals surface area (Å²) in [5.74, 6) is -0.825. The first-order valence-electron chi connectivity index (χ1n) is 8.04. The van der Waals surface area contributed by atoms with Crippen LogP contribution in [0, 0.1) is 6.92 Å². The van der Waals surface area contributed by atoms with E-state index in [9.17, 15) is 18.0 Å². The third kappa shape index (κ3) is 3.68. The van der Waals surface area contributed by atoms with Crippen molar-refractivity contribution in [3.63, 3.8) is 0 Å². The van der Waals surface area contributed by atoms with Gasteiger partial charge in [-0.2, -0.15) is 13.2 Å². The Kier molecular flexibility index (Phi) is 4.36. The van der Waals surface area contributed by atoms with E-state index in [0.29, 0.717) is 13.0 Å². The average Bonchev–Trinajstić information content (AvgIpc) is 2.98. The minimum atomic E-state index is -4.44.